The summed E-state index contributed by atoms with van der Waals surface area (Å²) < 4.78 is 18.1. The van der Waals surface area contributed by atoms with E-state index in [0.29, 0.717) is 23.0 Å². The zero-order valence-electron chi connectivity index (χ0n) is 31.6. The van der Waals surface area contributed by atoms with E-state index in [1.165, 1.54) is 11.3 Å². The van der Waals surface area contributed by atoms with E-state index in [-0.39, 0.29) is 31.0 Å². The van der Waals surface area contributed by atoms with Crippen LogP contribution in [-0.4, -0.2) is 125 Å². The highest BCUT2D eigenvalue weighted by Gasteiger charge is 2.45. The number of piperazine rings is 1. The summed E-state index contributed by atoms with van der Waals surface area (Å²) in [5.74, 6) is -0.390. The zero-order chi connectivity index (χ0) is 38.9. The monoisotopic (exact) mass is 791 g/mol. The third-order valence-electron chi connectivity index (χ3n) is 11.7. The Labute approximate surface area is 334 Å². The minimum absolute atomic E-state index is 0.102. The van der Waals surface area contributed by atoms with Crippen LogP contribution in [0.3, 0.4) is 0 Å². The maximum atomic E-state index is 13.3. The standard InChI is InChI=1S/C42H45N7O7S/c50-38-10-9-36(39(51)44-38)49-41(52)34-8-5-29(24-35(34)42(49)53)48-20-18-47(19-21-48)17-16-46-14-11-31(12-15-46)55-33-25-32(26-33)54-30-6-2-27(3-7-30)1-4-28-23-37(56-45-28)40-43-13-22-57-40/h1-8,13,22-24,31-33,36H,9-12,14-21,25-26H2,(H,44,50,51)/b4-1+. The van der Waals surface area contributed by atoms with Gasteiger partial charge < -0.3 is 23.8 Å². The number of amides is 4. The molecule has 2 aromatic heterocycles. The Morgan fingerprint density at radius 1 is 0.807 bits per heavy atom. The van der Waals surface area contributed by atoms with Gasteiger partial charge in [0.2, 0.25) is 11.8 Å². The van der Waals surface area contributed by atoms with Gasteiger partial charge in [0.05, 0.1) is 23.3 Å². The van der Waals surface area contributed by atoms with Crippen LogP contribution in [0.25, 0.3) is 22.9 Å². The molecule has 4 aliphatic heterocycles. The molecule has 296 valence electrons. The van der Waals surface area contributed by atoms with Crippen molar-refractivity contribution in [1.29, 1.82) is 0 Å². The molecule has 3 saturated heterocycles. The fourth-order valence-electron chi connectivity index (χ4n) is 8.28. The largest absolute Gasteiger partial charge is 0.490 e. The molecule has 9 rings (SSSR count). The minimum atomic E-state index is -0.959. The summed E-state index contributed by atoms with van der Waals surface area (Å²) in [7, 11) is 0. The van der Waals surface area contributed by atoms with Crippen molar-refractivity contribution in [3.63, 3.8) is 0 Å². The summed E-state index contributed by atoms with van der Waals surface area (Å²) in [5.41, 5.74) is 3.33. The van der Waals surface area contributed by atoms with Gasteiger partial charge in [0.1, 0.15) is 23.6 Å². The van der Waals surface area contributed by atoms with E-state index < -0.39 is 23.8 Å². The Morgan fingerprint density at radius 3 is 2.30 bits per heavy atom. The summed E-state index contributed by atoms with van der Waals surface area (Å²) >= 11 is 1.52. The fraction of sp³-hybridized carbons (Fsp3) is 0.429. The van der Waals surface area contributed by atoms with Gasteiger partial charge in [0, 0.05) is 95.0 Å². The van der Waals surface area contributed by atoms with Gasteiger partial charge in [-0.1, -0.05) is 23.4 Å². The third kappa shape index (κ3) is 8.28. The van der Waals surface area contributed by atoms with Gasteiger partial charge in [-0.25, -0.2) is 4.98 Å². The number of anilines is 1. The number of rotatable bonds is 12. The molecule has 4 amide bonds. The number of piperidine rings is 2. The van der Waals surface area contributed by atoms with Crippen molar-refractivity contribution >= 4 is 52.8 Å². The molecule has 14 nitrogen and oxygen atoms in total. The highest BCUT2D eigenvalue weighted by atomic mass is 32.1. The lowest BCUT2D eigenvalue weighted by Crippen LogP contribution is -2.54. The third-order valence-corrected chi connectivity index (χ3v) is 12.5. The highest BCUT2D eigenvalue weighted by molar-refractivity contribution is 7.13. The molecule has 1 saturated carbocycles. The second kappa shape index (κ2) is 16.3. The van der Waals surface area contributed by atoms with Crippen molar-refractivity contribution in [2.45, 2.75) is 62.9 Å². The first-order valence-corrected chi connectivity index (χ1v) is 20.7. The number of likely N-dealkylation sites (tertiary alicyclic amines) is 1. The molecule has 2 aromatic carbocycles. The molecule has 4 fully saturated rings. The number of aromatic nitrogens is 2. The molecule has 1 aliphatic carbocycles. The van der Waals surface area contributed by atoms with Crippen LogP contribution in [0.1, 0.15) is 70.5 Å². The van der Waals surface area contributed by atoms with Crippen molar-refractivity contribution in [2.75, 3.05) is 57.3 Å². The molecule has 1 atom stereocenters. The Kier molecular flexibility index (Phi) is 10.7. The SMILES string of the molecule is O=C1CCC(N2C(=O)c3ccc(N4CCN(CCN5CCC(OC6CC(Oc7ccc(/C=C/c8cc(-c9nccs9)on8)cc7)C6)CC5)CC4)cc3C2=O)C(=O)N1. The Balaban J connectivity index is 0.654. The van der Waals surface area contributed by atoms with Crippen molar-refractivity contribution in [1.82, 2.24) is 30.2 Å². The molecule has 5 aliphatic rings. The number of carbonyl (C=O) groups is 4. The van der Waals surface area contributed by atoms with Gasteiger partial charge in [-0.15, -0.1) is 11.3 Å². The first kappa shape index (κ1) is 37.4. The number of nitrogens with zero attached hydrogens (tertiary/aromatic N) is 6. The van der Waals surface area contributed by atoms with Gasteiger partial charge >= 0.3 is 0 Å². The summed E-state index contributed by atoms with van der Waals surface area (Å²) in [6.45, 7) is 7.59. The van der Waals surface area contributed by atoms with Crippen molar-refractivity contribution < 1.29 is 33.2 Å². The quantitative estimate of drug-likeness (QED) is 0.200. The number of ether oxygens (including phenoxy) is 2. The summed E-state index contributed by atoms with van der Waals surface area (Å²) in [6, 6.07) is 14.4. The van der Waals surface area contributed by atoms with E-state index in [2.05, 4.69) is 30.2 Å². The Hall–Kier alpha value is -5.22. The second-order valence-electron chi connectivity index (χ2n) is 15.4. The molecule has 15 heteroatoms. The van der Waals surface area contributed by atoms with Gasteiger partial charge in [0.25, 0.3) is 11.8 Å². The molecule has 0 radical (unpaired) electrons. The predicted molar refractivity (Wildman–Crippen MR) is 213 cm³/mol. The molecular weight excluding hydrogens is 747 g/mol. The van der Waals surface area contributed by atoms with E-state index >= 15 is 0 Å². The summed E-state index contributed by atoms with van der Waals surface area (Å²) in [6.07, 6.45) is 10.6. The Bertz CT molecular complexity index is 2130. The Morgan fingerprint density at radius 2 is 1.56 bits per heavy atom. The zero-order valence-corrected chi connectivity index (χ0v) is 32.4. The first-order chi connectivity index (χ1) is 27.8. The maximum Gasteiger partial charge on any atom is 0.262 e. The highest BCUT2D eigenvalue weighted by Crippen LogP contribution is 2.33. The molecule has 4 aromatic rings. The molecule has 0 spiro atoms. The van der Waals surface area contributed by atoms with Gasteiger partial charge in [-0.2, -0.15) is 0 Å². The van der Waals surface area contributed by atoms with E-state index in [4.69, 9.17) is 14.0 Å². The smallest absolute Gasteiger partial charge is 0.262 e. The van der Waals surface area contributed by atoms with Crippen LogP contribution in [0.15, 0.2) is 64.6 Å². The van der Waals surface area contributed by atoms with Crippen LogP contribution in [0.2, 0.25) is 0 Å². The molecule has 57 heavy (non-hydrogen) atoms. The van der Waals surface area contributed by atoms with Gasteiger partial charge in [-0.05, 0) is 61.2 Å². The van der Waals surface area contributed by atoms with E-state index in [9.17, 15) is 19.2 Å². The minimum Gasteiger partial charge on any atom is -0.490 e. The van der Waals surface area contributed by atoms with Gasteiger partial charge in [-0.3, -0.25) is 34.3 Å². The maximum absolute atomic E-state index is 13.3. The fourth-order valence-corrected chi connectivity index (χ4v) is 8.86. The lowest BCUT2D eigenvalue weighted by atomic mass is 9.91. The first-order valence-electron chi connectivity index (χ1n) is 19.8. The molecular formula is C42H45N7O7S. The second-order valence-corrected chi connectivity index (χ2v) is 16.3. The van der Waals surface area contributed by atoms with Crippen LogP contribution in [0, 0.1) is 0 Å². The number of hydrogen-bond acceptors (Lipinski definition) is 13. The summed E-state index contributed by atoms with van der Waals surface area (Å²) in [5, 5.41) is 9.09. The van der Waals surface area contributed by atoms with Gasteiger partial charge in [0.15, 0.2) is 10.8 Å². The molecule has 1 N–H and O–H groups in total. The number of benzene rings is 2. The normalized spacial score (nSPS) is 23.6. The van der Waals surface area contributed by atoms with Crippen LogP contribution in [-0.2, 0) is 14.3 Å². The van der Waals surface area contributed by atoms with Crippen LogP contribution in [0.4, 0.5) is 5.69 Å². The number of hydrogen-bond donors (Lipinski definition) is 1. The number of thiazole rings is 1. The predicted octanol–water partition coefficient (Wildman–Crippen LogP) is 4.58. The van der Waals surface area contributed by atoms with Crippen molar-refractivity contribution in [2.24, 2.45) is 0 Å². The molecule has 1 unspecified atom stereocenters. The average molecular weight is 792 g/mol. The summed E-state index contributed by atoms with van der Waals surface area (Å²) in [4.78, 5) is 62.9. The molecule has 6 heterocycles. The average Bonchev–Trinajstić information content (AvgIpc) is 3.98. The van der Waals surface area contributed by atoms with Crippen molar-refractivity contribution in [3.8, 4) is 16.5 Å². The van der Waals surface area contributed by atoms with E-state index in [0.717, 1.165) is 111 Å². The van der Waals surface area contributed by atoms with Crippen molar-refractivity contribution in [3.05, 3.63) is 82.5 Å². The topological polar surface area (TPSA) is 151 Å². The number of carbonyl (C=O) groups excluding carboxylic acids is 4. The molecule has 0 bridgehead atoms. The van der Waals surface area contributed by atoms with Crippen LogP contribution >= 0.6 is 11.3 Å². The van der Waals surface area contributed by atoms with E-state index in [1.807, 2.05) is 53.9 Å². The van der Waals surface area contributed by atoms with Crippen LogP contribution in [0.5, 0.6) is 5.75 Å². The lowest BCUT2D eigenvalue weighted by molar-refractivity contribution is -0.136. The number of imide groups is 2. The van der Waals surface area contributed by atoms with E-state index in [1.54, 1.807) is 18.3 Å². The lowest BCUT2D eigenvalue weighted by Gasteiger charge is -2.40. The number of fused-ring (bicyclic) bond motifs is 1. The number of nitrogens with one attached hydrogen (secondary N) is 1. The van der Waals surface area contributed by atoms with Crippen LogP contribution < -0.4 is 15.0 Å².